The van der Waals surface area contributed by atoms with Crippen LogP contribution in [0.5, 0.6) is 5.75 Å². The Morgan fingerprint density at radius 1 is 1.28 bits per heavy atom. The quantitative estimate of drug-likeness (QED) is 0.659. The Balaban J connectivity index is 1.80. The van der Waals surface area contributed by atoms with Gasteiger partial charge in [-0.3, -0.25) is 15.0 Å². The number of thioether (sulfide) groups is 1. The van der Waals surface area contributed by atoms with Gasteiger partial charge in [0.1, 0.15) is 5.75 Å². The van der Waals surface area contributed by atoms with Gasteiger partial charge in [0.05, 0.1) is 17.6 Å². The predicted molar refractivity (Wildman–Crippen MR) is 101 cm³/mol. The summed E-state index contributed by atoms with van der Waals surface area (Å²) in [6, 6.07) is 10.5. The lowest BCUT2D eigenvalue weighted by Crippen LogP contribution is -2.44. The molecule has 128 valence electrons. The highest BCUT2D eigenvalue weighted by atomic mass is 32.2. The summed E-state index contributed by atoms with van der Waals surface area (Å²) in [4.78, 5) is 25.5. The van der Waals surface area contributed by atoms with Crippen LogP contribution in [-0.2, 0) is 11.8 Å². The fourth-order valence-corrected chi connectivity index (χ4v) is 3.48. The van der Waals surface area contributed by atoms with E-state index >= 15 is 0 Å². The van der Waals surface area contributed by atoms with Crippen molar-refractivity contribution in [2.24, 2.45) is 7.05 Å². The van der Waals surface area contributed by atoms with Crippen molar-refractivity contribution in [3.05, 3.63) is 58.8 Å². The van der Waals surface area contributed by atoms with Crippen LogP contribution in [0.1, 0.15) is 16.1 Å². The summed E-state index contributed by atoms with van der Waals surface area (Å²) in [6.45, 7) is 0. The molecule has 1 fully saturated rings. The van der Waals surface area contributed by atoms with E-state index < -0.39 is 5.91 Å². The number of hydrogen-bond acceptors (Lipinski definition) is 5. The van der Waals surface area contributed by atoms with E-state index in [2.05, 4.69) is 5.43 Å². The molecule has 1 aliphatic heterocycles. The van der Waals surface area contributed by atoms with Crippen molar-refractivity contribution in [2.75, 3.05) is 7.11 Å². The Labute approximate surface area is 154 Å². The molecule has 1 aromatic carbocycles. The smallest absolute Gasteiger partial charge is 0.285 e. The summed E-state index contributed by atoms with van der Waals surface area (Å²) in [5.74, 6) is -0.405. The molecule has 0 unspecified atom stereocenters. The van der Waals surface area contributed by atoms with Crippen LogP contribution in [0.4, 0.5) is 0 Å². The molecule has 0 radical (unpaired) electrons. The first-order chi connectivity index (χ1) is 12.0. The second-order valence-corrected chi connectivity index (χ2v) is 6.88. The van der Waals surface area contributed by atoms with Crippen molar-refractivity contribution in [2.45, 2.75) is 0 Å². The van der Waals surface area contributed by atoms with Gasteiger partial charge >= 0.3 is 0 Å². The van der Waals surface area contributed by atoms with Crippen LogP contribution in [0.3, 0.4) is 0 Å². The number of carbonyl (C=O) groups excluding carboxylic acids is 2. The van der Waals surface area contributed by atoms with Gasteiger partial charge in [-0.2, -0.15) is 5.01 Å². The first-order valence-corrected chi connectivity index (χ1v) is 8.57. The molecule has 1 aliphatic rings. The van der Waals surface area contributed by atoms with Gasteiger partial charge < -0.3 is 9.30 Å². The maximum absolute atomic E-state index is 12.6. The average molecular weight is 373 g/mol. The first kappa shape index (κ1) is 17.2. The Hall–Kier alpha value is -2.58. The summed E-state index contributed by atoms with van der Waals surface area (Å²) in [6.07, 6.45) is 3.63. The number of amides is 2. The highest BCUT2D eigenvalue weighted by molar-refractivity contribution is 8.26. The molecule has 0 bridgehead atoms. The molecule has 2 heterocycles. The van der Waals surface area contributed by atoms with E-state index in [0.717, 1.165) is 22.5 Å². The number of benzene rings is 1. The zero-order valence-corrected chi connectivity index (χ0v) is 15.2. The minimum Gasteiger partial charge on any atom is -0.496 e. The van der Waals surface area contributed by atoms with Gasteiger partial charge in [0.25, 0.3) is 11.8 Å². The summed E-state index contributed by atoms with van der Waals surface area (Å²) in [5, 5.41) is 1.09. The number of nitrogens with one attached hydrogen (secondary N) is 1. The van der Waals surface area contributed by atoms with Crippen LogP contribution >= 0.6 is 24.0 Å². The number of methoxy groups -OCH3 is 1. The highest BCUT2D eigenvalue weighted by Crippen LogP contribution is 2.31. The molecular weight excluding hydrogens is 358 g/mol. The van der Waals surface area contributed by atoms with Crippen LogP contribution in [0, 0.1) is 0 Å². The largest absolute Gasteiger partial charge is 0.496 e. The van der Waals surface area contributed by atoms with Crippen LogP contribution in [0.2, 0.25) is 0 Å². The fraction of sp³-hybridized carbons (Fsp3) is 0.118. The van der Waals surface area contributed by atoms with Crippen LogP contribution in [0.15, 0.2) is 47.5 Å². The topological polar surface area (TPSA) is 63.6 Å². The average Bonchev–Trinajstić information content (AvgIpc) is 3.13. The molecule has 1 saturated heterocycles. The van der Waals surface area contributed by atoms with E-state index in [1.165, 1.54) is 7.11 Å². The summed E-state index contributed by atoms with van der Waals surface area (Å²) >= 11 is 6.37. The number of hydrogen-bond donors (Lipinski definition) is 1. The van der Waals surface area contributed by atoms with Crippen molar-refractivity contribution >= 4 is 46.2 Å². The van der Waals surface area contributed by atoms with Crippen molar-refractivity contribution in [1.82, 2.24) is 15.0 Å². The normalized spacial score (nSPS) is 15.8. The molecular formula is C17H15N3O3S2. The SMILES string of the molecule is COc1ccccc1C(=O)NN1C(=O)C(=Cc2cccn2C)SC1=S. The highest BCUT2D eigenvalue weighted by Gasteiger charge is 2.34. The predicted octanol–water partition coefficient (Wildman–Crippen LogP) is 2.58. The van der Waals surface area contributed by atoms with Gasteiger partial charge in [0.2, 0.25) is 0 Å². The summed E-state index contributed by atoms with van der Waals surface area (Å²) in [5.41, 5.74) is 3.75. The molecule has 0 atom stereocenters. The number of thiocarbonyl (C=S) groups is 1. The zero-order valence-electron chi connectivity index (χ0n) is 13.6. The Bertz CT molecular complexity index is 889. The molecule has 3 rings (SSSR count). The number of para-hydroxylation sites is 1. The van der Waals surface area contributed by atoms with E-state index in [0.29, 0.717) is 16.2 Å². The molecule has 25 heavy (non-hydrogen) atoms. The fourth-order valence-electron chi connectivity index (χ4n) is 2.32. The van der Waals surface area contributed by atoms with Crippen molar-refractivity contribution in [1.29, 1.82) is 0 Å². The lowest BCUT2D eigenvalue weighted by molar-refractivity contribution is -0.123. The minimum atomic E-state index is -0.464. The van der Waals surface area contributed by atoms with Crippen LogP contribution in [0.25, 0.3) is 6.08 Å². The Kier molecular flexibility index (Phi) is 4.91. The molecule has 1 aromatic heterocycles. The van der Waals surface area contributed by atoms with Crippen LogP contribution in [-0.4, -0.2) is 32.8 Å². The molecule has 0 saturated carbocycles. The van der Waals surface area contributed by atoms with Gasteiger partial charge in [0.15, 0.2) is 4.32 Å². The molecule has 6 nitrogen and oxygen atoms in total. The van der Waals surface area contributed by atoms with E-state index in [4.69, 9.17) is 17.0 Å². The second kappa shape index (κ2) is 7.12. The number of rotatable bonds is 4. The number of hydrazine groups is 1. The summed E-state index contributed by atoms with van der Waals surface area (Å²) in [7, 11) is 3.37. The van der Waals surface area contributed by atoms with Crippen molar-refractivity contribution in [3.63, 3.8) is 0 Å². The Morgan fingerprint density at radius 2 is 2.04 bits per heavy atom. The van der Waals surface area contributed by atoms with E-state index in [-0.39, 0.29) is 10.2 Å². The molecule has 2 aromatic rings. The van der Waals surface area contributed by atoms with Crippen LogP contribution < -0.4 is 10.2 Å². The Morgan fingerprint density at radius 3 is 2.72 bits per heavy atom. The third kappa shape index (κ3) is 3.45. The standard InChI is InChI=1S/C17H15N3O3S2/c1-19-9-5-6-11(19)10-14-16(22)20(17(24)25-14)18-15(21)12-7-3-4-8-13(12)23-2/h3-10H,1-2H3,(H,18,21). The number of ether oxygens (including phenoxy) is 1. The second-order valence-electron chi connectivity index (χ2n) is 5.20. The number of carbonyl (C=O) groups is 2. The third-order valence-electron chi connectivity index (χ3n) is 3.62. The van der Waals surface area contributed by atoms with Gasteiger partial charge in [-0.15, -0.1) is 0 Å². The molecule has 0 aliphatic carbocycles. The van der Waals surface area contributed by atoms with Crippen molar-refractivity contribution in [3.8, 4) is 5.75 Å². The van der Waals surface area contributed by atoms with Crippen molar-refractivity contribution < 1.29 is 14.3 Å². The molecule has 8 heteroatoms. The molecule has 2 amide bonds. The number of aryl methyl sites for hydroxylation is 1. The first-order valence-electron chi connectivity index (χ1n) is 7.34. The maximum Gasteiger partial charge on any atom is 0.285 e. The minimum absolute atomic E-state index is 0.272. The lowest BCUT2D eigenvalue weighted by atomic mass is 10.2. The lowest BCUT2D eigenvalue weighted by Gasteiger charge is -2.16. The monoisotopic (exact) mass is 373 g/mol. The van der Waals surface area contributed by atoms with Gasteiger partial charge in [-0.05, 0) is 42.6 Å². The number of nitrogens with zero attached hydrogens (tertiary/aromatic N) is 2. The maximum atomic E-state index is 12.6. The molecule has 1 N–H and O–H groups in total. The van der Waals surface area contributed by atoms with E-state index in [1.807, 2.05) is 29.9 Å². The van der Waals surface area contributed by atoms with E-state index in [9.17, 15) is 9.59 Å². The van der Waals surface area contributed by atoms with E-state index in [1.54, 1.807) is 30.3 Å². The van der Waals surface area contributed by atoms with Gasteiger partial charge in [-0.1, -0.05) is 23.9 Å². The third-order valence-corrected chi connectivity index (χ3v) is 4.92. The zero-order chi connectivity index (χ0) is 18.0. The van der Waals surface area contributed by atoms with Gasteiger partial charge in [0, 0.05) is 18.9 Å². The van der Waals surface area contributed by atoms with Gasteiger partial charge in [-0.25, -0.2) is 0 Å². The summed E-state index contributed by atoms with van der Waals surface area (Å²) < 4.78 is 7.33. The number of aromatic nitrogens is 1. The molecule has 0 spiro atoms.